The number of nitrogens with one attached hydrogen (secondary N) is 2. The van der Waals surface area contributed by atoms with Gasteiger partial charge in [-0.25, -0.2) is 0 Å². The fraction of sp³-hybridized carbons (Fsp3) is 0. The van der Waals surface area contributed by atoms with Gasteiger partial charge in [-0.05, 0) is 12.1 Å². The Kier molecular flexibility index (Phi) is 2.18. The number of rotatable bonds is 2. The van der Waals surface area contributed by atoms with Gasteiger partial charge in [-0.1, -0.05) is 6.07 Å². The molecule has 0 saturated carbocycles. The fourth-order valence-corrected chi connectivity index (χ4v) is 0.939. The molecule has 2 aromatic heterocycles. The third-order valence-electron chi connectivity index (χ3n) is 1.55. The smallest absolute Gasteiger partial charge is 0.275 e. The molecule has 0 aliphatic heterocycles. The van der Waals surface area contributed by atoms with E-state index >= 15 is 0 Å². The maximum absolute atomic E-state index is 11.5. The normalized spacial score (nSPS) is 9.71. The molecular formula is C8H7N5O. The van der Waals surface area contributed by atoms with Crippen molar-refractivity contribution in [1.29, 1.82) is 0 Å². The minimum absolute atomic E-state index is 0.306. The minimum atomic E-state index is -0.306. The van der Waals surface area contributed by atoms with E-state index in [2.05, 4.69) is 25.7 Å². The summed E-state index contributed by atoms with van der Waals surface area (Å²) in [6, 6.07) is 5.10. The lowest BCUT2D eigenvalue weighted by Crippen LogP contribution is -2.13. The first kappa shape index (κ1) is 8.36. The molecule has 0 atom stereocenters. The molecule has 70 valence electrons. The molecule has 0 radical (unpaired) electrons. The van der Waals surface area contributed by atoms with Crippen molar-refractivity contribution in [2.75, 3.05) is 5.32 Å². The number of hydrogen-bond donors (Lipinski definition) is 2. The number of anilines is 1. The van der Waals surface area contributed by atoms with E-state index in [9.17, 15) is 4.79 Å². The average molecular weight is 189 g/mol. The summed E-state index contributed by atoms with van der Waals surface area (Å²) in [7, 11) is 0. The van der Waals surface area contributed by atoms with Crippen LogP contribution in [-0.2, 0) is 0 Å². The van der Waals surface area contributed by atoms with Gasteiger partial charge in [0.25, 0.3) is 5.91 Å². The van der Waals surface area contributed by atoms with Crippen molar-refractivity contribution < 1.29 is 4.79 Å². The zero-order chi connectivity index (χ0) is 9.80. The van der Waals surface area contributed by atoms with Gasteiger partial charge in [0.15, 0.2) is 5.82 Å². The maximum atomic E-state index is 11.5. The lowest BCUT2D eigenvalue weighted by Gasteiger charge is -1.98. The molecule has 0 saturated heterocycles. The number of amides is 1. The van der Waals surface area contributed by atoms with Crippen LogP contribution in [0.4, 0.5) is 5.82 Å². The summed E-state index contributed by atoms with van der Waals surface area (Å²) in [5.74, 6) is 0.0696. The van der Waals surface area contributed by atoms with E-state index in [4.69, 9.17) is 0 Å². The number of hydrogen-bond acceptors (Lipinski definition) is 4. The summed E-state index contributed by atoms with van der Waals surface area (Å²) >= 11 is 0. The molecule has 2 heterocycles. The largest absolute Gasteiger partial charge is 0.302 e. The Morgan fingerprint density at radius 3 is 3.00 bits per heavy atom. The summed E-state index contributed by atoms with van der Waals surface area (Å²) in [4.78, 5) is 15.3. The Morgan fingerprint density at radius 1 is 1.43 bits per heavy atom. The zero-order valence-corrected chi connectivity index (χ0v) is 7.14. The molecule has 6 heteroatoms. The fourth-order valence-electron chi connectivity index (χ4n) is 0.939. The Balaban J connectivity index is 2.11. The van der Waals surface area contributed by atoms with Gasteiger partial charge < -0.3 is 5.32 Å². The lowest BCUT2D eigenvalue weighted by molar-refractivity contribution is 0.102. The van der Waals surface area contributed by atoms with Crippen LogP contribution in [0.3, 0.4) is 0 Å². The van der Waals surface area contributed by atoms with E-state index in [0.29, 0.717) is 11.5 Å². The highest BCUT2D eigenvalue weighted by molar-refractivity contribution is 6.02. The number of pyridine rings is 1. The number of aromatic amines is 1. The van der Waals surface area contributed by atoms with Gasteiger partial charge in [-0.3, -0.25) is 9.78 Å². The molecule has 14 heavy (non-hydrogen) atoms. The average Bonchev–Trinajstić information content (AvgIpc) is 2.72. The first-order chi connectivity index (χ1) is 6.86. The predicted molar refractivity (Wildman–Crippen MR) is 48.6 cm³/mol. The van der Waals surface area contributed by atoms with Crippen molar-refractivity contribution in [3.05, 3.63) is 36.3 Å². The zero-order valence-electron chi connectivity index (χ0n) is 7.14. The number of carbonyl (C=O) groups excluding carboxylic acids is 1. The van der Waals surface area contributed by atoms with Crippen LogP contribution in [0.2, 0.25) is 0 Å². The maximum Gasteiger partial charge on any atom is 0.275 e. The molecule has 0 aromatic carbocycles. The van der Waals surface area contributed by atoms with Crippen LogP contribution in [0, 0.1) is 0 Å². The van der Waals surface area contributed by atoms with Gasteiger partial charge >= 0.3 is 0 Å². The second-order valence-corrected chi connectivity index (χ2v) is 2.52. The van der Waals surface area contributed by atoms with Crippen molar-refractivity contribution >= 4 is 11.7 Å². The second-order valence-electron chi connectivity index (χ2n) is 2.52. The Bertz CT molecular complexity index is 411. The van der Waals surface area contributed by atoms with E-state index in [-0.39, 0.29) is 5.91 Å². The molecule has 0 bridgehead atoms. The van der Waals surface area contributed by atoms with Crippen molar-refractivity contribution in [3.8, 4) is 0 Å². The van der Waals surface area contributed by atoms with Gasteiger partial charge in [0.05, 0.1) is 6.20 Å². The quantitative estimate of drug-likeness (QED) is 0.718. The number of carbonyl (C=O) groups is 1. The monoisotopic (exact) mass is 189 g/mol. The molecule has 2 rings (SSSR count). The molecule has 0 aliphatic rings. The molecule has 0 unspecified atom stereocenters. The van der Waals surface area contributed by atoms with Crippen LogP contribution >= 0.6 is 0 Å². The molecule has 6 nitrogen and oxygen atoms in total. The Labute approximate surface area is 79.4 Å². The van der Waals surface area contributed by atoms with Gasteiger partial charge in [0.2, 0.25) is 0 Å². The molecule has 0 spiro atoms. The predicted octanol–water partition coefficient (Wildman–Crippen LogP) is 0.452. The molecule has 0 aliphatic carbocycles. The molecule has 1 amide bonds. The van der Waals surface area contributed by atoms with E-state index < -0.39 is 0 Å². The highest BCUT2D eigenvalue weighted by atomic mass is 16.1. The van der Waals surface area contributed by atoms with Crippen molar-refractivity contribution in [2.45, 2.75) is 0 Å². The lowest BCUT2D eigenvalue weighted by atomic mass is 10.3. The van der Waals surface area contributed by atoms with Gasteiger partial charge in [0.1, 0.15) is 5.69 Å². The van der Waals surface area contributed by atoms with Crippen LogP contribution in [0.25, 0.3) is 0 Å². The highest BCUT2D eigenvalue weighted by Gasteiger charge is 2.07. The van der Waals surface area contributed by atoms with Crippen LogP contribution in [0.15, 0.2) is 30.6 Å². The number of H-pyrrole nitrogens is 1. The SMILES string of the molecule is O=C(Nc1cn[nH]n1)c1ccccn1. The summed E-state index contributed by atoms with van der Waals surface area (Å²) in [5, 5.41) is 12.2. The Morgan fingerprint density at radius 2 is 2.36 bits per heavy atom. The summed E-state index contributed by atoms with van der Waals surface area (Å²) in [5.41, 5.74) is 0.343. The van der Waals surface area contributed by atoms with Gasteiger partial charge in [-0.15, -0.1) is 5.10 Å². The summed E-state index contributed by atoms with van der Waals surface area (Å²) in [6.07, 6.45) is 2.97. The third-order valence-corrected chi connectivity index (χ3v) is 1.55. The van der Waals surface area contributed by atoms with E-state index in [1.54, 1.807) is 24.4 Å². The first-order valence-electron chi connectivity index (χ1n) is 3.94. The van der Waals surface area contributed by atoms with Crippen LogP contribution in [0.1, 0.15) is 10.5 Å². The van der Waals surface area contributed by atoms with Crippen molar-refractivity contribution in [1.82, 2.24) is 20.4 Å². The van der Waals surface area contributed by atoms with Crippen molar-refractivity contribution in [3.63, 3.8) is 0 Å². The molecular weight excluding hydrogens is 182 g/mol. The van der Waals surface area contributed by atoms with E-state index in [0.717, 1.165) is 0 Å². The second kappa shape index (κ2) is 3.65. The van der Waals surface area contributed by atoms with Gasteiger partial charge in [0, 0.05) is 6.20 Å². The molecule has 0 fully saturated rings. The first-order valence-corrected chi connectivity index (χ1v) is 3.94. The molecule has 2 aromatic rings. The minimum Gasteiger partial charge on any atom is -0.302 e. The van der Waals surface area contributed by atoms with Crippen LogP contribution in [-0.4, -0.2) is 26.3 Å². The van der Waals surface area contributed by atoms with Crippen LogP contribution < -0.4 is 5.32 Å². The topological polar surface area (TPSA) is 83.6 Å². The Hall–Kier alpha value is -2.24. The van der Waals surface area contributed by atoms with E-state index in [1.165, 1.54) is 6.20 Å². The summed E-state index contributed by atoms with van der Waals surface area (Å²) in [6.45, 7) is 0. The third kappa shape index (κ3) is 1.74. The standard InChI is InChI=1S/C8H7N5O/c14-8(6-3-1-2-4-9-6)11-7-5-10-13-12-7/h1-5H,(H2,10,11,12,13,14). The highest BCUT2D eigenvalue weighted by Crippen LogP contribution is 2.00. The number of nitrogens with zero attached hydrogens (tertiary/aromatic N) is 3. The van der Waals surface area contributed by atoms with E-state index in [1.807, 2.05) is 0 Å². The van der Waals surface area contributed by atoms with Crippen molar-refractivity contribution in [2.24, 2.45) is 0 Å². The van der Waals surface area contributed by atoms with Gasteiger partial charge in [-0.2, -0.15) is 10.3 Å². The van der Waals surface area contributed by atoms with Crippen LogP contribution in [0.5, 0.6) is 0 Å². The summed E-state index contributed by atoms with van der Waals surface area (Å²) < 4.78 is 0. The number of aromatic nitrogens is 4. The molecule has 2 N–H and O–H groups in total.